The maximum absolute atomic E-state index is 12.0. The summed E-state index contributed by atoms with van der Waals surface area (Å²) in [5, 5.41) is 0. The van der Waals surface area contributed by atoms with Crippen molar-refractivity contribution in [2.24, 2.45) is 0 Å². The molecule has 17 heavy (non-hydrogen) atoms. The number of nitrogens with one attached hydrogen (secondary N) is 1. The summed E-state index contributed by atoms with van der Waals surface area (Å²) in [6, 6.07) is 4.84. The molecule has 0 aromatic heterocycles. The largest absolute Gasteiger partial charge is 0.399 e. The lowest BCUT2D eigenvalue weighted by atomic mass is 10.2. The van der Waals surface area contributed by atoms with Gasteiger partial charge in [0.2, 0.25) is 10.0 Å². The van der Waals surface area contributed by atoms with E-state index in [9.17, 15) is 8.42 Å². The lowest BCUT2D eigenvalue weighted by molar-refractivity contribution is 0.196. The molecule has 0 aliphatic carbocycles. The van der Waals surface area contributed by atoms with Crippen LogP contribution in [0, 0.1) is 6.92 Å². The van der Waals surface area contributed by atoms with Gasteiger partial charge in [-0.05, 0) is 31.0 Å². The number of rotatable bonds is 6. The Bertz CT molecular complexity index is 472. The summed E-state index contributed by atoms with van der Waals surface area (Å²) in [6.07, 6.45) is 0.636. The first-order valence-electron chi connectivity index (χ1n) is 5.32. The Hall–Kier alpha value is -1.11. The number of nitrogen functional groups attached to an aromatic ring is 1. The Morgan fingerprint density at radius 3 is 2.76 bits per heavy atom. The van der Waals surface area contributed by atoms with E-state index in [1.54, 1.807) is 26.2 Å². The van der Waals surface area contributed by atoms with Crippen molar-refractivity contribution in [3.05, 3.63) is 23.8 Å². The van der Waals surface area contributed by atoms with E-state index < -0.39 is 10.0 Å². The molecule has 0 unspecified atom stereocenters. The average Bonchev–Trinajstić information content (AvgIpc) is 2.28. The van der Waals surface area contributed by atoms with Gasteiger partial charge in [0.05, 0.1) is 4.90 Å². The van der Waals surface area contributed by atoms with Gasteiger partial charge in [-0.2, -0.15) is 0 Å². The first-order chi connectivity index (χ1) is 7.97. The maximum Gasteiger partial charge on any atom is 0.240 e. The number of aryl methyl sites for hydroxylation is 1. The lowest BCUT2D eigenvalue weighted by Gasteiger charge is -2.09. The number of benzene rings is 1. The molecule has 0 heterocycles. The average molecular weight is 258 g/mol. The highest BCUT2D eigenvalue weighted by Gasteiger charge is 2.16. The molecule has 0 spiro atoms. The van der Waals surface area contributed by atoms with E-state index in [0.717, 1.165) is 0 Å². The van der Waals surface area contributed by atoms with E-state index in [1.165, 1.54) is 6.07 Å². The van der Waals surface area contributed by atoms with Crippen molar-refractivity contribution < 1.29 is 13.2 Å². The fourth-order valence-corrected chi connectivity index (χ4v) is 2.76. The smallest absolute Gasteiger partial charge is 0.240 e. The van der Waals surface area contributed by atoms with Crippen molar-refractivity contribution in [3.63, 3.8) is 0 Å². The van der Waals surface area contributed by atoms with Gasteiger partial charge in [0, 0.05) is 25.9 Å². The summed E-state index contributed by atoms with van der Waals surface area (Å²) in [6.45, 7) is 2.62. The molecule has 1 aromatic rings. The quantitative estimate of drug-likeness (QED) is 0.586. The summed E-state index contributed by atoms with van der Waals surface area (Å²) in [5.74, 6) is 0. The minimum absolute atomic E-state index is 0.231. The Labute approximate surface area is 102 Å². The van der Waals surface area contributed by atoms with Crippen LogP contribution in [0.3, 0.4) is 0 Å². The second-order valence-corrected chi connectivity index (χ2v) is 5.50. The SMILES string of the molecule is COCCCNS(=O)(=O)c1cc(N)ccc1C. The summed E-state index contributed by atoms with van der Waals surface area (Å²) in [5.41, 5.74) is 6.71. The van der Waals surface area contributed by atoms with Crippen LogP contribution in [0.2, 0.25) is 0 Å². The molecule has 3 N–H and O–H groups in total. The highest BCUT2D eigenvalue weighted by atomic mass is 32.2. The third-order valence-corrected chi connectivity index (χ3v) is 3.92. The molecule has 0 aliphatic heterocycles. The van der Waals surface area contributed by atoms with E-state index in [0.29, 0.717) is 30.8 Å². The van der Waals surface area contributed by atoms with Crippen molar-refractivity contribution in [1.29, 1.82) is 0 Å². The normalized spacial score (nSPS) is 11.6. The van der Waals surface area contributed by atoms with Gasteiger partial charge in [-0.25, -0.2) is 13.1 Å². The molecule has 0 amide bonds. The number of hydrogen-bond acceptors (Lipinski definition) is 4. The summed E-state index contributed by atoms with van der Waals surface area (Å²) in [7, 11) is -1.90. The Kier molecular flexibility index (Phi) is 4.92. The monoisotopic (exact) mass is 258 g/mol. The molecular weight excluding hydrogens is 240 g/mol. The summed E-state index contributed by atoms with van der Waals surface area (Å²) < 4.78 is 31.3. The van der Waals surface area contributed by atoms with Gasteiger partial charge < -0.3 is 10.5 Å². The van der Waals surface area contributed by atoms with Gasteiger partial charge >= 0.3 is 0 Å². The van der Waals surface area contributed by atoms with Crippen LogP contribution in [0.4, 0.5) is 5.69 Å². The van der Waals surface area contributed by atoms with Crippen molar-refractivity contribution in [2.45, 2.75) is 18.2 Å². The van der Waals surface area contributed by atoms with Gasteiger partial charge in [0.15, 0.2) is 0 Å². The number of methoxy groups -OCH3 is 1. The van der Waals surface area contributed by atoms with Crippen molar-refractivity contribution >= 4 is 15.7 Å². The molecule has 96 valence electrons. The molecule has 1 aromatic carbocycles. The van der Waals surface area contributed by atoms with E-state index in [1.807, 2.05) is 0 Å². The Balaban J connectivity index is 2.79. The minimum atomic E-state index is -3.48. The molecule has 0 fully saturated rings. The molecule has 0 radical (unpaired) electrons. The summed E-state index contributed by atoms with van der Waals surface area (Å²) in [4.78, 5) is 0.231. The van der Waals surface area contributed by atoms with Gasteiger partial charge in [-0.1, -0.05) is 6.07 Å². The van der Waals surface area contributed by atoms with E-state index in [-0.39, 0.29) is 4.90 Å². The fourth-order valence-electron chi connectivity index (χ4n) is 1.41. The molecule has 0 saturated heterocycles. The predicted molar refractivity (Wildman–Crippen MR) is 67.3 cm³/mol. The van der Waals surface area contributed by atoms with Crippen LogP contribution < -0.4 is 10.5 Å². The predicted octanol–water partition coefficient (Wildman–Crippen LogP) is 0.892. The Morgan fingerprint density at radius 1 is 1.41 bits per heavy atom. The van der Waals surface area contributed by atoms with Crippen LogP contribution >= 0.6 is 0 Å². The third-order valence-electron chi connectivity index (χ3n) is 2.32. The second-order valence-electron chi connectivity index (χ2n) is 3.77. The van der Waals surface area contributed by atoms with E-state index in [4.69, 9.17) is 10.5 Å². The van der Waals surface area contributed by atoms with Gasteiger partial charge in [0.25, 0.3) is 0 Å². The minimum Gasteiger partial charge on any atom is -0.399 e. The van der Waals surface area contributed by atoms with Crippen molar-refractivity contribution in [1.82, 2.24) is 4.72 Å². The van der Waals surface area contributed by atoms with Crippen molar-refractivity contribution in [3.8, 4) is 0 Å². The van der Waals surface area contributed by atoms with Crippen LogP contribution in [-0.2, 0) is 14.8 Å². The lowest BCUT2D eigenvalue weighted by Crippen LogP contribution is -2.26. The number of anilines is 1. The molecular formula is C11H18N2O3S. The molecule has 0 aliphatic rings. The third kappa shape index (κ3) is 3.99. The van der Waals surface area contributed by atoms with Crippen molar-refractivity contribution in [2.75, 3.05) is 26.0 Å². The zero-order valence-corrected chi connectivity index (χ0v) is 10.9. The van der Waals surface area contributed by atoms with Gasteiger partial charge in [-0.15, -0.1) is 0 Å². The van der Waals surface area contributed by atoms with Crippen LogP contribution in [0.1, 0.15) is 12.0 Å². The molecule has 0 saturated carbocycles. The zero-order chi connectivity index (χ0) is 12.9. The van der Waals surface area contributed by atoms with E-state index in [2.05, 4.69) is 4.72 Å². The Morgan fingerprint density at radius 2 is 2.12 bits per heavy atom. The van der Waals surface area contributed by atoms with Crippen LogP contribution in [-0.4, -0.2) is 28.7 Å². The number of sulfonamides is 1. The molecule has 6 heteroatoms. The number of ether oxygens (including phenoxy) is 1. The van der Waals surface area contributed by atoms with Crippen LogP contribution in [0.15, 0.2) is 23.1 Å². The molecule has 0 bridgehead atoms. The zero-order valence-electron chi connectivity index (χ0n) is 10.1. The maximum atomic E-state index is 12.0. The van der Waals surface area contributed by atoms with Crippen LogP contribution in [0.25, 0.3) is 0 Å². The standard InChI is InChI=1S/C11H18N2O3S/c1-9-4-5-10(12)8-11(9)17(14,15)13-6-3-7-16-2/h4-5,8,13H,3,6-7,12H2,1-2H3. The number of hydrogen-bond donors (Lipinski definition) is 2. The van der Waals surface area contributed by atoms with Crippen LogP contribution in [0.5, 0.6) is 0 Å². The highest BCUT2D eigenvalue weighted by Crippen LogP contribution is 2.17. The van der Waals surface area contributed by atoms with Gasteiger partial charge in [-0.3, -0.25) is 0 Å². The second kappa shape index (κ2) is 6.00. The number of nitrogens with two attached hydrogens (primary N) is 1. The molecule has 5 nitrogen and oxygen atoms in total. The first kappa shape index (κ1) is 14.0. The first-order valence-corrected chi connectivity index (χ1v) is 6.80. The molecule has 1 rings (SSSR count). The fraction of sp³-hybridized carbons (Fsp3) is 0.455. The topological polar surface area (TPSA) is 81.4 Å². The van der Waals surface area contributed by atoms with E-state index >= 15 is 0 Å². The summed E-state index contributed by atoms with van der Waals surface area (Å²) >= 11 is 0. The highest BCUT2D eigenvalue weighted by molar-refractivity contribution is 7.89. The molecule has 0 atom stereocenters. The van der Waals surface area contributed by atoms with Gasteiger partial charge in [0.1, 0.15) is 0 Å².